The SMILES string of the molecule is CN(Cc1cc2ccccc2o1)C(=O)CCn1cc([N+](=O)[O-])cn1. The Balaban J connectivity index is 1.56. The summed E-state index contributed by atoms with van der Waals surface area (Å²) in [4.78, 5) is 23.8. The summed E-state index contributed by atoms with van der Waals surface area (Å²) in [5, 5.41) is 15.5. The quantitative estimate of drug-likeness (QED) is 0.512. The van der Waals surface area contributed by atoms with Crippen LogP contribution in [-0.2, 0) is 17.9 Å². The molecule has 0 fully saturated rings. The lowest BCUT2D eigenvalue weighted by Crippen LogP contribution is -2.26. The highest BCUT2D eigenvalue weighted by Crippen LogP contribution is 2.20. The van der Waals surface area contributed by atoms with Gasteiger partial charge in [0.1, 0.15) is 23.7 Å². The first-order valence-electron chi connectivity index (χ1n) is 7.41. The van der Waals surface area contributed by atoms with Crippen molar-refractivity contribution < 1.29 is 14.1 Å². The molecule has 0 spiro atoms. The molecule has 0 atom stereocenters. The first-order chi connectivity index (χ1) is 11.5. The highest BCUT2D eigenvalue weighted by atomic mass is 16.6. The molecular formula is C16H16N4O4. The van der Waals surface area contributed by atoms with Crippen LogP contribution in [0.25, 0.3) is 11.0 Å². The minimum absolute atomic E-state index is 0.0851. The summed E-state index contributed by atoms with van der Waals surface area (Å²) in [6.45, 7) is 0.657. The van der Waals surface area contributed by atoms with Crippen molar-refractivity contribution in [3.63, 3.8) is 0 Å². The number of amides is 1. The van der Waals surface area contributed by atoms with Gasteiger partial charge < -0.3 is 9.32 Å². The van der Waals surface area contributed by atoms with Crippen LogP contribution in [0.15, 0.2) is 47.1 Å². The molecule has 8 nitrogen and oxygen atoms in total. The van der Waals surface area contributed by atoms with E-state index in [4.69, 9.17) is 4.42 Å². The molecule has 1 amide bonds. The second-order valence-electron chi connectivity index (χ2n) is 5.47. The summed E-state index contributed by atoms with van der Waals surface area (Å²) >= 11 is 0. The van der Waals surface area contributed by atoms with E-state index in [1.165, 1.54) is 17.1 Å². The van der Waals surface area contributed by atoms with Crippen molar-refractivity contribution in [2.24, 2.45) is 0 Å². The van der Waals surface area contributed by atoms with E-state index < -0.39 is 4.92 Å². The van der Waals surface area contributed by atoms with Gasteiger partial charge in [0.25, 0.3) is 0 Å². The molecule has 0 aliphatic carbocycles. The highest BCUT2D eigenvalue weighted by molar-refractivity contribution is 5.78. The molecule has 24 heavy (non-hydrogen) atoms. The Hall–Kier alpha value is -3.16. The summed E-state index contributed by atoms with van der Waals surface area (Å²) in [5.41, 5.74) is 0.704. The Morgan fingerprint density at radius 3 is 2.92 bits per heavy atom. The fourth-order valence-electron chi connectivity index (χ4n) is 2.41. The lowest BCUT2D eigenvalue weighted by molar-refractivity contribution is -0.385. The number of para-hydroxylation sites is 1. The maximum Gasteiger partial charge on any atom is 0.306 e. The van der Waals surface area contributed by atoms with Gasteiger partial charge in [-0.3, -0.25) is 19.6 Å². The molecule has 0 saturated heterocycles. The van der Waals surface area contributed by atoms with Crippen molar-refractivity contribution in [1.82, 2.24) is 14.7 Å². The zero-order chi connectivity index (χ0) is 17.1. The largest absolute Gasteiger partial charge is 0.459 e. The van der Waals surface area contributed by atoms with Gasteiger partial charge in [-0.05, 0) is 12.1 Å². The molecular weight excluding hydrogens is 312 g/mol. The lowest BCUT2D eigenvalue weighted by atomic mass is 10.2. The number of hydrogen-bond acceptors (Lipinski definition) is 5. The van der Waals surface area contributed by atoms with E-state index >= 15 is 0 Å². The van der Waals surface area contributed by atoms with Crippen molar-refractivity contribution in [2.75, 3.05) is 7.05 Å². The number of nitro groups is 1. The Labute approximate surface area is 137 Å². The van der Waals surface area contributed by atoms with Gasteiger partial charge in [0.05, 0.1) is 11.5 Å². The molecule has 0 aliphatic heterocycles. The van der Waals surface area contributed by atoms with E-state index in [0.717, 1.165) is 11.0 Å². The monoisotopic (exact) mass is 328 g/mol. The maximum atomic E-state index is 12.2. The number of hydrogen-bond donors (Lipinski definition) is 0. The van der Waals surface area contributed by atoms with Crippen LogP contribution in [0.5, 0.6) is 0 Å². The molecule has 0 aliphatic rings. The van der Waals surface area contributed by atoms with E-state index in [1.807, 2.05) is 30.3 Å². The van der Waals surface area contributed by atoms with Crippen LogP contribution in [0.1, 0.15) is 12.2 Å². The molecule has 2 heterocycles. The number of aromatic nitrogens is 2. The van der Waals surface area contributed by atoms with E-state index in [1.54, 1.807) is 11.9 Å². The Kier molecular flexibility index (Phi) is 4.28. The van der Waals surface area contributed by atoms with Gasteiger partial charge in [-0.1, -0.05) is 18.2 Å². The van der Waals surface area contributed by atoms with Crippen LogP contribution in [0.4, 0.5) is 5.69 Å². The first kappa shape index (κ1) is 15.7. The van der Waals surface area contributed by atoms with E-state index in [9.17, 15) is 14.9 Å². The van der Waals surface area contributed by atoms with Gasteiger partial charge >= 0.3 is 5.69 Å². The molecule has 0 unspecified atom stereocenters. The highest BCUT2D eigenvalue weighted by Gasteiger charge is 2.14. The maximum absolute atomic E-state index is 12.2. The number of nitrogens with zero attached hydrogens (tertiary/aromatic N) is 4. The number of rotatable bonds is 6. The van der Waals surface area contributed by atoms with Gasteiger partial charge in [-0.25, -0.2) is 0 Å². The summed E-state index contributed by atoms with van der Waals surface area (Å²) in [6, 6.07) is 9.57. The fourth-order valence-corrected chi connectivity index (χ4v) is 2.41. The number of benzene rings is 1. The Bertz CT molecular complexity index is 850. The molecule has 0 saturated carbocycles. The third kappa shape index (κ3) is 3.43. The van der Waals surface area contributed by atoms with Crippen molar-refractivity contribution in [3.05, 3.63) is 58.6 Å². The fraction of sp³-hybridized carbons (Fsp3) is 0.250. The van der Waals surface area contributed by atoms with Crippen LogP contribution in [0, 0.1) is 10.1 Å². The number of fused-ring (bicyclic) bond motifs is 1. The average Bonchev–Trinajstić information content (AvgIpc) is 3.18. The molecule has 124 valence electrons. The summed E-state index contributed by atoms with van der Waals surface area (Å²) in [7, 11) is 1.70. The van der Waals surface area contributed by atoms with Crippen LogP contribution in [-0.4, -0.2) is 32.6 Å². The third-order valence-electron chi connectivity index (χ3n) is 3.68. The zero-order valence-electron chi connectivity index (χ0n) is 13.1. The standard InChI is InChI=1S/C16H16N4O4/c1-18(11-14-8-12-4-2-3-5-15(12)24-14)16(21)6-7-19-10-13(9-17-19)20(22)23/h2-5,8-10H,6-7,11H2,1H3. The van der Waals surface area contributed by atoms with E-state index in [-0.39, 0.29) is 24.6 Å². The predicted molar refractivity (Wildman–Crippen MR) is 86.2 cm³/mol. The molecule has 3 aromatic rings. The zero-order valence-corrected chi connectivity index (χ0v) is 13.1. The predicted octanol–water partition coefficient (Wildman–Crippen LogP) is 2.59. The number of aryl methyl sites for hydroxylation is 1. The average molecular weight is 328 g/mol. The molecule has 2 aromatic heterocycles. The second kappa shape index (κ2) is 6.53. The van der Waals surface area contributed by atoms with Crippen LogP contribution < -0.4 is 0 Å². The van der Waals surface area contributed by atoms with Crippen LogP contribution >= 0.6 is 0 Å². The normalized spacial score (nSPS) is 10.9. The third-order valence-corrected chi connectivity index (χ3v) is 3.68. The van der Waals surface area contributed by atoms with Gasteiger partial charge in [0.2, 0.25) is 5.91 Å². The minimum atomic E-state index is -0.515. The van der Waals surface area contributed by atoms with E-state index in [0.29, 0.717) is 12.3 Å². The van der Waals surface area contributed by atoms with Crippen LogP contribution in [0.2, 0.25) is 0 Å². The summed E-state index contributed by atoms with van der Waals surface area (Å²) in [5.74, 6) is 0.621. The minimum Gasteiger partial charge on any atom is -0.459 e. The smallest absolute Gasteiger partial charge is 0.306 e. The molecule has 3 rings (SSSR count). The van der Waals surface area contributed by atoms with E-state index in [2.05, 4.69) is 5.10 Å². The van der Waals surface area contributed by atoms with Crippen molar-refractivity contribution in [2.45, 2.75) is 19.5 Å². The van der Waals surface area contributed by atoms with Gasteiger partial charge in [0.15, 0.2) is 0 Å². The van der Waals surface area contributed by atoms with Gasteiger partial charge in [0, 0.05) is 25.4 Å². The molecule has 8 heteroatoms. The Morgan fingerprint density at radius 2 is 2.21 bits per heavy atom. The molecule has 0 N–H and O–H groups in total. The number of carbonyl (C=O) groups is 1. The van der Waals surface area contributed by atoms with Crippen LogP contribution in [0.3, 0.4) is 0 Å². The second-order valence-corrected chi connectivity index (χ2v) is 5.47. The van der Waals surface area contributed by atoms with Gasteiger partial charge in [-0.15, -0.1) is 0 Å². The molecule has 0 radical (unpaired) electrons. The van der Waals surface area contributed by atoms with Crippen molar-refractivity contribution in [3.8, 4) is 0 Å². The topological polar surface area (TPSA) is 94.4 Å². The molecule has 1 aromatic carbocycles. The number of furan rings is 1. The molecule has 0 bridgehead atoms. The van der Waals surface area contributed by atoms with Gasteiger partial charge in [-0.2, -0.15) is 5.10 Å². The Morgan fingerprint density at radius 1 is 1.42 bits per heavy atom. The summed E-state index contributed by atoms with van der Waals surface area (Å²) in [6.07, 6.45) is 2.69. The van der Waals surface area contributed by atoms with Crippen molar-refractivity contribution in [1.29, 1.82) is 0 Å². The first-order valence-corrected chi connectivity index (χ1v) is 7.41. The lowest BCUT2D eigenvalue weighted by Gasteiger charge is -2.15. The number of carbonyl (C=O) groups excluding carboxylic acids is 1. The van der Waals surface area contributed by atoms with Crippen molar-refractivity contribution >= 4 is 22.6 Å². The summed E-state index contributed by atoms with van der Waals surface area (Å²) < 4.78 is 7.09.